The number of nitrogen functional groups attached to an aromatic ring is 1. The molecule has 0 spiro atoms. The largest absolute Gasteiger partial charge is 0.384 e. The van der Waals surface area contributed by atoms with Gasteiger partial charge in [0.15, 0.2) is 0 Å². The first-order valence-corrected chi connectivity index (χ1v) is 4.45. The van der Waals surface area contributed by atoms with Crippen molar-refractivity contribution in [1.29, 1.82) is 0 Å². The third-order valence-corrected chi connectivity index (χ3v) is 2.12. The Morgan fingerprint density at radius 1 is 1.43 bits per heavy atom. The van der Waals surface area contributed by atoms with Crippen LogP contribution in [-0.4, -0.2) is 9.78 Å². The number of alkyl halides is 2. The van der Waals surface area contributed by atoms with E-state index in [-0.39, 0.29) is 11.6 Å². The fourth-order valence-electron chi connectivity index (χ4n) is 1.45. The quantitative estimate of drug-likeness (QED) is 0.801. The summed E-state index contributed by atoms with van der Waals surface area (Å²) in [6.45, 7) is 4.48. The van der Waals surface area contributed by atoms with E-state index in [2.05, 4.69) is 5.10 Å². The molecular formula is C9H15F2N3. The third kappa shape index (κ3) is 1.71. The average Bonchev–Trinajstić information content (AvgIpc) is 2.27. The first-order valence-electron chi connectivity index (χ1n) is 4.45. The van der Waals surface area contributed by atoms with Crippen LogP contribution in [0.3, 0.4) is 0 Å². The van der Waals surface area contributed by atoms with Crippen LogP contribution >= 0.6 is 0 Å². The Bertz CT molecular complexity index is 337. The Kier molecular flexibility index (Phi) is 2.52. The summed E-state index contributed by atoms with van der Waals surface area (Å²) in [5.41, 5.74) is 5.90. The molecule has 0 aliphatic heterocycles. The SMILES string of the molecule is CC(C)c1c(C(C)(F)F)nn(C)c1N. The van der Waals surface area contributed by atoms with Crippen LogP contribution in [-0.2, 0) is 13.0 Å². The molecule has 0 saturated carbocycles. The minimum Gasteiger partial charge on any atom is -0.384 e. The van der Waals surface area contributed by atoms with Gasteiger partial charge in [-0.25, -0.2) is 0 Å². The zero-order chi connectivity index (χ0) is 11.1. The normalized spacial score (nSPS) is 12.5. The first kappa shape index (κ1) is 10.9. The van der Waals surface area contributed by atoms with Gasteiger partial charge in [-0.1, -0.05) is 13.8 Å². The summed E-state index contributed by atoms with van der Waals surface area (Å²) in [4.78, 5) is 0. The number of aryl methyl sites for hydroxylation is 1. The Morgan fingerprint density at radius 3 is 2.21 bits per heavy atom. The van der Waals surface area contributed by atoms with E-state index < -0.39 is 5.92 Å². The molecule has 0 fully saturated rings. The topological polar surface area (TPSA) is 43.8 Å². The molecule has 0 aliphatic rings. The maximum Gasteiger partial charge on any atom is 0.289 e. The number of hydrogen-bond acceptors (Lipinski definition) is 2. The van der Waals surface area contributed by atoms with E-state index in [9.17, 15) is 8.78 Å². The number of nitrogens with two attached hydrogens (primary N) is 1. The highest BCUT2D eigenvalue weighted by Gasteiger charge is 2.33. The fourth-order valence-corrected chi connectivity index (χ4v) is 1.45. The molecule has 1 heterocycles. The van der Waals surface area contributed by atoms with Crippen molar-refractivity contribution < 1.29 is 8.78 Å². The molecule has 2 N–H and O–H groups in total. The van der Waals surface area contributed by atoms with E-state index in [1.165, 1.54) is 4.68 Å². The average molecular weight is 203 g/mol. The van der Waals surface area contributed by atoms with Crippen LogP contribution in [0, 0.1) is 0 Å². The van der Waals surface area contributed by atoms with Crippen molar-refractivity contribution in [2.75, 3.05) is 5.73 Å². The summed E-state index contributed by atoms with van der Waals surface area (Å²) in [6, 6.07) is 0. The van der Waals surface area contributed by atoms with Crippen LogP contribution in [0.2, 0.25) is 0 Å². The van der Waals surface area contributed by atoms with Crippen molar-refractivity contribution in [1.82, 2.24) is 9.78 Å². The van der Waals surface area contributed by atoms with Crippen molar-refractivity contribution in [3.05, 3.63) is 11.3 Å². The maximum atomic E-state index is 13.1. The van der Waals surface area contributed by atoms with Crippen LogP contribution in [0.25, 0.3) is 0 Å². The van der Waals surface area contributed by atoms with E-state index in [0.29, 0.717) is 11.4 Å². The summed E-state index contributed by atoms with van der Waals surface area (Å²) < 4.78 is 27.6. The second kappa shape index (κ2) is 3.22. The lowest BCUT2D eigenvalue weighted by molar-refractivity contribution is 0.0111. The van der Waals surface area contributed by atoms with E-state index >= 15 is 0 Å². The molecular weight excluding hydrogens is 188 g/mol. The van der Waals surface area contributed by atoms with Gasteiger partial charge in [-0.2, -0.15) is 13.9 Å². The zero-order valence-electron chi connectivity index (χ0n) is 8.81. The summed E-state index contributed by atoms with van der Waals surface area (Å²) >= 11 is 0. The predicted molar refractivity (Wildman–Crippen MR) is 51.3 cm³/mol. The molecule has 1 aromatic heterocycles. The number of aromatic nitrogens is 2. The highest BCUT2D eigenvalue weighted by molar-refractivity contribution is 5.46. The van der Waals surface area contributed by atoms with Crippen molar-refractivity contribution in [3.63, 3.8) is 0 Å². The van der Waals surface area contributed by atoms with Gasteiger partial charge in [0.1, 0.15) is 11.5 Å². The molecule has 0 atom stereocenters. The zero-order valence-corrected chi connectivity index (χ0v) is 8.81. The highest BCUT2D eigenvalue weighted by Crippen LogP contribution is 2.35. The first-order chi connectivity index (χ1) is 6.25. The van der Waals surface area contributed by atoms with Crippen LogP contribution < -0.4 is 5.73 Å². The molecule has 14 heavy (non-hydrogen) atoms. The molecule has 1 rings (SSSR count). The number of anilines is 1. The lowest BCUT2D eigenvalue weighted by atomic mass is 10.0. The molecule has 0 bridgehead atoms. The van der Waals surface area contributed by atoms with Gasteiger partial charge in [-0.15, -0.1) is 0 Å². The van der Waals surface area contributed by atoms with Gasteiger partial charge in [-0.3, -0.25) is 4.68 Å². The Balaban J connectivity index is 3.37. The summed E-state index contributed by atoms with van der Waals surface area (Å²) in [7, 11) is 1.57. The van der Waals surface area contributed by atoms with E-state index in [4.69, 9.17) is 5.73 Å². The smallest absolute Gasteiger partial charge is 0.289 e. The highest BCUT2D eigenvalue weighted by atomic mass is 19.3. The number of rotatable bonds is 2. The molecule has 0 amide bonds. The monoisotopic (exact) mass is 203 g/mol. The van der Waals surface area contributed by atoms with Crippen LogP contribution in [0.1, 0.15) is 37.9 Å². The fraction of sp³-hybridized carbons (Fsp3) is 0.667. The molecule has 5 heteroatoms. The summed E-state index contributed by atoms with van der Waals surface area (Å²) in [6.07, 6.45) is 0. The molecule has 0 aromatic carbocycles. The van der Waals surface area contributed by atoms with E-state index in [0.717, 1.165) is 6.92 Å². The van der Waals surface area contributed by atoms with Crippen molar-refractivity contribution in [3.8, 4) is 0 Å². The summed E-state index contributed by atoms with van der Waals surface area (Å²) in [5, 5.41) is 3.74. The Labute approximate surface area is 81.9 Å². The van der Waals surface area contributed by atoms with Crippen molar-refractivity contribution in [2.45, 2.75) is 32.6 Å². The van der Waals surface area contributed by atoms with Gasteiger partial charge in [-0.05, 0) is 5.92 Å². The number of halogens is 2. The lowest BCUT2D eigenvalue weighted by Crippen LogP contribution is -2.12. The Morgan fingerprint density at radius 2 is 1.93 bits per heavy atom. The molecule has 3 nitrogen and oxygen atoms in total. The van der Waals surface area contributed by atoms with Gasteiger partial charge < -0.3 is 5.73 Å². The number of hydrogen-bond donors (Lipinski definition) is 1. The van der Waals surface area contributed by atoms with Gasteiger partial charge in [0, 0.05) is 19.5 Å². The van der Waals surface area contributed by atoms with Gasteiger partial charge in [0.25, 0.3) is 5.92 Å². The number of nitrogens with zero attached hydrogens (tertiary/aromatic N) is 2. The minimum atomic E-state index is -2.94. The van der Waals surface area contributed by atoms with E-state index in [1.54, 1.807) is 7.05 Å². The standard InChI is InChI=1S/C9H15F2N3/c1-5(2)6-7(9(3,10)11)13-14(4)8(6)12/h5H,12H2,1-4H3. The molecule has 0 saturated heterocycles. The van der Waals surface area contributed by atoms with Crippen molar-refractivity contribution in [2.24, 2.45) is 7.05 Å². The Hall–Kier alpha value is -1.13. The minimum absolute atomic E-state index is 0.0514. The molecule has 0 radical (unpaired) electrons. The lowest BCUT2D eigenvalue weighted by Gasteiger charge is -2.11. The second-order valence-corrected chi connectivity index (χ2v) is 3.81. The molecule has 1 aromatic rings. The molecule has 0 unspecified atom stereocenters. The third-order valence-electron chi connectivity index (χ3n) is 2.12. The van der Waals surface area contributed by atoms with Gasteiger partial charge in [0.05, 0.1) is 0 Å². The predicted octanol–water partition coefficient (Wildman–Crippen LogP) is 2.24. The van der Waals surface area contributed by atoms with Crippen LogP contribution in [0.4, 0.5) is 14.6 Å². The van der Waals surface area contributed by atoms with Gasteiger partial charge in [0.2, 0.25) is 0 Å². The van der Waals surface area contributed by atoms with Crippen LogP contribution in [0.5, 0.6) is 0 Å². The van der Waals surface area contributed by atoms with E-state index in [1.807, 2.05) is 13.8 Å². The van der Waals surface area contributed by atoms with Crippen LogP contribution in [0.15, 0.2) is 0 Å². The van der Waals surface area contributed by atoms with Crippen molar-refractivity contribution >= 4 is 5.82 Å². The molecule has 0 aliphatic carbocycles. The van der Waals surface area contributed by atoms with Gasteiger partial charge >= 0.3 is 0 Å². The molecule has 80 valence electrons. The second-order valence-electron chi connectivity index (χ2n) is 3.81. The maximum absolute atomic E-state index is 13.1. The summed E-state index contributed by atoms with van der Waals surface area (Å²) in [5.74, 6) is -2.67.